The molecule has 1 rings (SSSR count). The molecule has 0 aliphatic heterocycles. The molecule has 0 fully saturated rings. The number of alkyl carbamates (subject to hydrolysis) is 1. The number of nitriles is 1. The van der Waals surface area contributed by atoms with Gasteiger partial charge in [0, 0.05) is 5.56 Å². The molecule has 1 aromatic carbocycles. The fourth-order valence-electron chi connectivity index (χ4n) is 1.51. The number of amides is 1. The zero-order chi connectivity index (χ0) is 14.6. The number of carbonyl (C=O) groups excluding carboxylic acids is 1. The molecule has 0 aliphatic carbocycles. The van der Waals surface area contributed by atoms with Crippen LogP contribution in [-0.2, 0) is 4.74 Å². The third kappa shape index (κ3) is 4.59. The Morgan fingerprint density at radius 2 is 2.11 bits per heavy atom. The van der Waals surface area contributed by atoms with Crippen molar-refractivity contribution in [2.75, 3.05) is 0 Å². The van der Waals surface area contributed by atoms with Crippen molar-refractivity contribution >= 4 is 6.09 Å². The van der Waals surface area contributed by atoms with Crippen molar-refractivity contribution in [1.29, 1.82) is 5.26 Å². The molecule has 1 amide bonds. The fraction of sp³-hybridized carbons (Fsp3) is 0.429. The van der Waals surface area contributed by atoms with E-state index in [0.29, 0.717) is 5.56 Å². The van der Waals surface area contributed by atoms with Gasteiger partial charge in [0.15, 0.2) is 0 Å². The van der Waals surface area contributed by atoms with Gasteiger partial charge in [-0.1, -0.05) is 0 Å². The predicted octanol–water partition coefficient (Wildman–Crippen LogP) is 3.28. The molecular formula is C14H17FN2O2. The SMILES string of the molecule is C[C@@H](NC(=O)OC(C)(C)C)c1cc(C#N)ccc1F. The lowest BCUT2D eigenvalue weighted by Gasteiger charge is -2.22. The van der Waals surface area contributed by atoms with Crippen LogP contribution in [0.25, 0.3) is 0 Å². The summed E-state index contributed by atoms with van der Waals surface area (Å²) in [6.07, 6.45) is -0.623. The number of nitrogens with zero attached hydrogens (tertiary/aromatic N) is 1. The van der Waals surface area contributed by atoms with Crippen molar-refractivity contribution in [3.63, 3.8) is 0 Å². The van der Waals surface area contributed by atoms with Gasteiger partial charge >= 0.3 is 6.09 Å². The van der Waals surface area contributed by atoms with E-state index in [-0.39, 0.29) is 5.56 Å². The standard InChI is InChI=1S/C14H17FN2O2/c1-9(17-13(18)19-14(2,3)4)11-7-10(8-16)5-6-12(11)15/h5-7,9H,1-4H3,(H,17,18)/t9-/m1/s1. The highest BCUT2D eigenvalue weighted by molar-refractivity contribution is 5.68. The maximum absolute atomic E-state index is 13.6. The Hall–Kier alpha value is -2.09. The van der Waals surface area contributed by atoms with Gasteiger partial charge in [0.2, 0.25) is 0 Å². The van der Waals surface area contributed by atoms with Crippen LogP contribution in [0.5, 0.6) is 0 Å². The molecule has 19 heavy (non-hydrogen) atoms. The zero-order valence-electron chi connectivity index (χ0n) is 11.5. The van der Waals surface area contributed by atoms with E-state index in [2.05, 4.69) is 5.32 Å². The van der Waals surface area contributed by atoms with Gasteiger partial charge in [-0.15, -0.1) is 0 Å². The monoisotopic (exact) mass is 264 g/mol. The topological polar surface area (TPSA) is 62.1 Å². The minimum atomic E-state index is -0.623. The number of hydrogen-bond acceptors (Lipinski definition) is 3. The normalized spacial score (nSPS) is 12.4. The summed E-state index contributed by atoms with van der Waals surface area (Å²) < 4.78 is 18.7. The van der Waals surface area contributed by atoms with Crippen LogP contribution in [-0.4, -0.2) is 11.7 Å². The van der Waals surface area contributed by atoms with Crippen molar-refractivity contribution in [2.45, 2.75) is 39.3 Å². The highest BCUT2D eigenvalue weighted by Gasteiger charge is 2.19. The summed E-state index contributed by atoms with van der Waals surface area (Å²) in [6, 6.07) is 5.36. The molecule has 0 heterocycles. The predicted molar refractivity (Wildman–Crippen MR) is 68.9 cm³/mol. The van der Waals surface area contributed by atoms with Crippen LogP contribution >= 0.6 is 0 Å². The number of halogens is 1. The Labute approximate surface area is 112 Å². The number of ether oxygens (including phenoxy) is 1. The van der Waals surface area contributed by atoms with Crippen molar-refractivity contribution < 1.29 is 13.9 Å². The molecule has 0 radical (unpaired) electrons. The van der Waals surface area contributed by atoms with E-state index in [4.69, 9.17) is 10.00 Å². The molecule has 5 heteroatoms. The quantitative estimate of drug-likeness (QED) is 0.891. The second-order valence-corrected chi connectivity index (χ2v) is 5.22. The van der Waals surface area contributed by atoms with Crippen LogP contribution in [0.2, 0.25) is 0 Å². The number of benzene rings is 1. The largest absolute Gasteiger partial charge is 0.444 e. The minimum Gasteiger partial charge on any atom is -0.444 e. The first-order chi connectivity index (χ1) is 8.73. The molecule has 0 unspecified atom stereocenters. The van der Waals surface area contributed by atoms with E-state index >= 15 is 0 Å². The van der Waals surface area contributed by atoms with E-state index in [1.165, 1.54) is 18.2 Å². The molecule has 0 saturated carbocycles. The fourth-order valence-corrected chi connectivity index (χ4v) is 1.51. The molecule has 1 N–H and O–H groups in total. The third-order valence-corrected chi connectivity index (χ3v) is 2.32. The van der Waals surface area contributed by atoms with Gasteiger partial charge in [0.25, 0.3) is 0 Å². The lowest BCUT2D eigenvalue weighted by molar-refractivity contribution is 0.0507. The summed E-state index contributed by atoms with van der Waals surface area (Å²) in [5, 5.41) is 11.3. The lowest BCUT2D eigenvalue weighted by atomic mass is 10.1. The number of carbonyl (C=O) groups is 1. The maximum Gasteiger partial charge on any atom is 0.408 e. The summed E-state index contributed by atoms with van der Waals surface area (Å²) in [5.41, 5.74) is -0.0178. The molecule has 1 aromatic rings. The number of nitrogens with one attached hydrogen (secondary N) is 1. The molecule has 102 valence electrons. The zero-order valence-corrected chi connectivity index (χ0v) is 11.5. The maximum atomic E-state index is 13.6. The van der Waals surface area contributed by atoms with Crippen LogP contribution in [0.15, 0.2) is 18.2 Å². The summed E-state index contributed by atoms with van der Waals surface area (Å²) in [4.78, 5) is 11.6. The first kappa shape index (κ1) is 15.0. The summed E-state index contributed by atoms with van der Waals surface area (Å²) in [7, 11) is 0. The molecule has 0 aliphatic rings. The Morgan fingerprint density at radius 1 is 1.47 bits per heavy atom. The van der Waals surface area contributed by atoms with Crippen LogP contribution in [0, 0.1) is 17.1 Å². The van der Waals surface area contributed by atoms with Gasteiger partial charge in [-0.25, -0.2) is 9.18 Å². The Kier molecular flexibility index (Phi) is 4.49. The van der Waals surface area contributed by atoms with E-state index in [1.54, 1.807) is 27.7 Å². The number of rotatable bonds is 2. The average Bonchev–Trinajstić information content (AvgIpc) is 2.26. The highest BCUT2D eigenvalue weighted by Crippen LogP contribution is 2.19. The van der Waals surface area contributed by atoms with Gasteiger partial charge in [0.1, 0.15) is 11.4 Å². The first-order valence-corrected chi connectivity index (χ1v) is 5.92. The van der Waals surface area contributed by atoms with Crippen LogP contribution < -0.4 is 5.32 Å². The average molecular weight is 264 g/mol. The highest BCUT2D eigenvalue weighted by atomic mass is 19.1. The van der Waals surface area contributed by atoms with E-state index in [1.807, 2.05) is 6.07 Å². The molecule has 0 spiro atoms. The summed E-state index contributed by atoms with van der Waals surface area (Å²) >= 11 is 0. The number of hydrogen-bond donors (Lipinski definition) is 1. The second-order valence-electron chi connectivity index (χ2n) is 5.22. The summed E-state index contributed by atoms with van der Waals surface area (Å²) in [5.74, 6) is -0.470. The lowest BCUT2D eigenvalue weighted by Crippen LogP contribution is -2.34. The van der Waals surface area contributed by atoms with Crippen molar-refractivity contribution in [2.24, 2.45) is 0 Å². The van der Waals surface area contributed by atoms with Crippen LogP contribution in [0.4, 0.5) is 9.18 Å². The van der Waals surface area contributed by atoms with Crippen molar-refractivity contribution in [3.8, 4) is 6.07 Å². The van der Waals surface area contributed by atoms with Crippen LogP contribution in [0.1, 0.15) is 44.9 Å². The van der Waals surface area contributed by atoms with E-state index in [9.17, 15) is 9.18 Å². The molecule has 1 atom stereocenters. The van der Waals surface area contributed by atoms with Gasteiger partial charge in [-0.3, -0.25) is 0 Å². The molecule has 4 nitrogen and oxygen atoms in total. The molecule has 0 saturated heterocycles. The van der Waals surface area contributed by atoms with Gasteiger partial charge in [-0.2, -0.15) is 5.26 Å². The molecular weight excluding hydrogens is 247 g/mol. The Balaban J connectivity index is 2.81. The Bertz CT molecular complexity index is 515. The van der Waals surface area contributed by atoms with Gasteiger partial charge < -0.3 is 10.1 Å². The van der Waals surface area contributed by atoms with Crippen molar-refractivity contribution in [1.82, 2.24) is 5.32 Å². The minimum absolute atomic E-state index is 0.255. The van der Waals surface area contributed by atoms with Gasteiger partial charge in [-0.05, 0) is 45.9 Å². The smallest absolute Gasteiger partial charge is 0.408 e. The molecule has 0 bridgehead atoms. The van der Waals surface area contributed by atoms with Crippen molar-refractivity contribution in [3.05, 3.63) is 35.1 Å². The van der Waals surface area contributed by atoms with Gasteiger partial charge in [0.05, 0.1) is 17.7 Å². The second kappa shape index (κ2) is 5.70. The Morgan fingerprint density at radius 3 is 2.63 bits per heavy atom. The first-order valence-electron chi connectivity index (χ1n) is 5.92. The molecule has 0 aromatic heterocycles. The van der Waals surface area contributed by atoms with Crippen LogP contribution in [0.3, 0.4) is 0 Å². The summed E-state index contributed by atoms with van der Waals surface area (Å²) in [6.45, 7) is 6.86. The van der Waals surface area contributed by atoms with E-state index < -0.39 is 23.6 Å². The van der Waals surface area contributed by atoms with E-state index in [0.717, 1.165) is 0 Å². The third-order valence-electron chi connectivity index (χ3n) is 2.32.